The van der Waals surface area contributed by atoms with Crippen LogP contribution in [0.25, 0.3) is 0 Å². The van der Waals surface area contributed by atoms with Gasteiger partial charge in [0.2, 0.25) is 0 Å². The highest BCUT2D eigenvalue weighted by atomic mass is 16.3. The minimum Gasteiger partial charge on any atom is -0.396 e. The number of allylic oxidation sites excluding steroid dienone is 2. The number of rotatable bonds is 1. The molecule has 0 heterocycles. The maximum absolute atomic E-state index is 11.7. The van der Waals surface area contributed by atoms with Gasteiger partial charge >= 0.3 is 0 Å². The van der Waals surface area contributed by atoms with Crippen molar-refractivity contribution < 1.29 is 25.5 Å². The van der Waals surface area contributed by atoms with Crippen LogP contribution in [0, 0.1) is 50.2 Å². The van der Waals surface area contributed by atoms with Gasteiger partial charge in [0.25, 0.3) is 0 Å². The van der Waals surface area contributed by atoms with E-state index in [0.717, 1.165) is 32.1 Å². The summed E-state index contributed by atoms with van der Waals surface area (Å²) in [6, 6.07) is 0. The molecule has 0 spiro atoms. The molecule has 5 aliphatic carbocycles. The number of aliphatic hydroxyl groups excluding tert-OH is 5. The summed E-state index contributed by atoms with van der Waals surface area (Å²) in [5.74, 6) is 0.754. The Morgan fingerprint density at radius 3 is 2.09 bits per heavy atom. The summed E-state index contributed by atoms with van der Waals surface area (Å²) in [7, 11) is 0. The Bertz CT molecular complexity index is 910. The molecule has 5 heteroatoms. The Kier molecular flexibility index (Phi) is 5.65. The summed E-state index contributed by atoms with van der Waals surface area (Å²) >= 11 is 0. The van der Waals surface area contributed by atoms with E-state index in [1.54, 1.807) is 0 Å². The fourth-order valence-corrected chi connectivity index (χ4v) is 10.9. The van der Waals surface area contributed by atoms with Crippen molar-refractivity contribution in [1.82, 2.24) is 0 Å². The molecule has 11 atom stereocenters. The van der Waals surface area contributed by atoms with Crippen LogP contribution in [0.5, 0.6) is 0 Å². The fraction of sp³-hybridized carbons (Fsp3) is 0.933. The smallest absolute Gasteiger partial charge is 0.0913 e. The van der Waals surface area contributed by atoms with Gasteiger partial charge in [-0.15, -0.1) is 0 Å². The van der Waals surface area contributed by atoms with Crippen molar-refractivity contribution in [3.63, 3.8) is 0 Å². The molecule has 0 amide bonds. The lowest BCUT2D eigenvalue weighted by Gasteiger charge is -2.72. The average Bonchev–Trinajstić information content (AvgIpc) is 2.76. The molecule has 0 aliphatic heterocycles. The van der Waals surface area contributed by atoms with Gasteiger partial charge < -0.3 is 25.5 Å². The molecule has 200 valence electrons. The lowest BCUT2D eigenvalue weighted by Crippen LogP contribution is -2.71. The quantitative estimate of drug-likeness (QED) is 0.357. The third-order valence-corrected chi connectivity index (χ3v) is 13.4. The zero-order chi connectivity index (χ0) is 26.0. The van der Waals surface area contributed by atoms with Crippen LogP contribution in [-0.4, -0.2) is 56.6 Å². The van der Waals surface area contributed by atoms with Gasteiger partial charge in [-0.1, -0.05) is 60.1 Å². The third-order valence-electron chi connectivity index (χ3n) is 13.4. The molecule has 0 radical (unpaired) electrons. The van der Waals surface area contributed by atoms with E-state index in [0.29, 0.717) is 24.7 Å². The zero-order valence-corrected chi connectivity index (χ0v) is 23.0. The Labute approximate surface area is 212 Å². The highest BCUT2D eigenvalue weighted by Crippen LogP contribution is 2.75. The second-order valence-corrected chi connectivity index (χ2v) is 15.3. The molecule has 0 bridgehead atoms. The first kappa shape index (κ1) is 26.2. The number of fused-ring (bicyclic) bond motifs is 7. The summed E-state index contributed by atoms with van der Waals surface area (Å²) in [4.78, 5) is 0. The first-order chi connectivity index (χ1) is 16.0. The van der Waals surface area contributed by atoms with Crippen molar-refractivity contribution in [2.45, 2.75) is 118 Å². The maximum Gasteiger partial charge on any atom is 0.0913 e. The van der Waals surface area contributed by atoms with E-state index in [9.17, 15) is 25.5 Å². The lowest BCUT2D eigenvalue weighted by molar-refractivity contribution is -0.257. The van der Waals surface area contributed by atoms with Crippen LogP contribution >= 0.6 is 0 Å². The van der Waals surface area contributed by atoms with E-state index in [4.69, 9.17) is 0 Å². The molecule has 0 saturated heterocycles. The SMILES string of the molecule is CC1(C)C[C@@H]2C3=CC[C@@H]4[C@@]5(C)CC[C@H](O)C(C)(C)[C@@H]5CC[C@@]4(C)[C@]3(C)C[C@@H](O)[C@@]2(CO)[C@@H](O)[C@@H]1O. The highest BCUT2D eigenvalue weighted by Gasteiger charge is 2.72. The topological polar surface area (TPSA) is 101 Å². The van der Waals surface area contributed by atoms with E-state index in [1.165, 1.54) is 5.57 Å². The van der Waals surface area contributed by atoms with Gasteiger partial charge in [0, 0.05) is 0 Å². The molecule has 5 N–H and O–H groups in total. The molecular formula is C30H50O5. The van der Waals surface area contributed by atoms with Crippen LogP contribution in [0.4, 0.5) is 0 Å². The van der Waals surface area contributed by atoms with Crippen molar-refractivity contribution in [1.29, 1.82) is 0 Å². The molecule has 5 nitrogen and oxygen atoms in total. The van der Waals surface area contributed by atoms with Crippen LogP contribution < -0.4 is 0 Å². The molecule has 0 aromatic carbocycles. The maximum atomic E-state index is 11.7. The van der Waals surface area contributed by atoms with Gasteiger partial charge in [-0.2, -0.15) is 0 Å². The third kappa shape index (κ3) is 2.94. The summed E-state index contributed by atoms with van der Waals surface area (Å²) in [6.45, 7) is 15.4. The average molecular weight is 491 g/mol. The van der Waals surface area contributed by atoms with Crippen molar-refractivity contribution in [3.05, 3.63) is 11.6 Å². The van der Waals surface area contributed by atoms with Crippen molar-refractivity contribution in [2.75, 3.05) is 6.61 Å². The van der Waals surface area contributed by atoms with Crippen LogP contribution in [0.1, 0.15) is 93.4 Å². The molecule has 5 aliphatic rings. The van der Waals surface area contributed by atoms with Crippen molar-refractivity contribution in [3.8, 4) is 0 Å². The number of aliphatic hydroxyl groups is 5. The van der Waals surface area contributed by atoms with Gasteiger partial charge in [-0.05, 0) is 89.8 Å². The first-order valence-corrected chi connectivity index (χ1v) is 14.1. The molecule has 4 saturated carbocycles. The molecular weight excluding hydrogens is 440 g/mol. The van der Waals surface area contributed by atoms with Crippen LogP contribution in [0.2, 0.25) is 0 Å². The molecule has 0 aromatic rings. The molecule has 35 heavy (non-hydrogen) atoms. The van der Waals surface area contributed by atoms with E-state index < -0.39 is 29.1 Å². The second kappa shape index (κ2) is 7.56. The predicted molar refractivity (Wildman–Crippen MR) is 136 cm³/mol. The summed E-state index contributed by atoms with van der Waals surface area (Å²) in [5.41, 5.74) is -0.580. The minimum absolute atomic E-state index is 0.0194. The molecule has 5 rings (SSSR count). The van der Waals surface area contributed by atoms with E-state index in [2.05, 4.69) is 40.7 Å². The van der Waals surface area contributed by atoms with Gasteiger partial charge in [-0.3, -0.25) is 0 Å². The standard InChI is InChI=1S/C30H50O5/c1-25(2)14-18-17-8-9-20-27(5)12-11-21(32)26(3,4)19(27)10-13-28(20,6)29(17,7)15-22(33)30(18,16-31)24(35)23(25)34/h8,18-24,31-35H,9-16H2,1-7H3/t18-,19+,20-,21+,22-,23+,24+,27+,28-,29-,30+/m1/s1. The molecule has 0 unspecified atom stereocenters. The van der Waals surface area contributed by atoms with Gasteiger partial charge in [-0.25, -0.2) is 0 Å². The van der Waals surface area contributed by atoms with Crippen molar-refractivity contribution in [2.24, 2.45) is 50.2 Å². The number of hydrogen-bond acceptors (Lipinski definition) is 5. The predicted octanol–water partition coefficient (Wildman–Crippen LogP) is 4.05. The van der Waals surface area contributed by atoms with Gasteiger partial charge in [0.1, 0.15) is 0 Å². The van der Waals surface area contributed by atoms with Crippen LogP contribution in [0.3, 0.4) is 0 Å². The summed E-state index contributed by atoms with van der Waals surface area (Å²) in [5, 5.41) is 55.6. The number of hydrogen-bond donors (Lipinski definition) is 5. The van der Waals surface area contributed by atoms with Gasteiger partial charge in [0.05, 0.1) is 36.4 Å². The zero-order valence-electron chi connectivity index (χ0n) is 23.0. The largest absolute Gasteiger partial charge is 0.396 e. The minimum atomic E-state index is -1.17. The lowest BCUT2D eigenvalue weighted by atomic mass is 9.33. The highest BCUT2D eigenvalue weighted by molar-refractivity contribution is 5.36. The summed E-state index contributed by atoms with van der Waals surface area (Å²) < 4.78 is 0. The molecule has 0 aromatic heterocycles. The fourth-order valence-electron chi connectivity index (χ4n) is 10.9. The Morgan fingerprint density at radius 2 is 1.46 bits per heavy atom. The summed E-state index contributed by atoms with van der Waals surface area (Å²) in [6.07, 6.45) is 5.25. The van der Waals surface area contributed by atoms with Crippen LogP contribution in [0.15, 0.2) is 11.6 Å². The Hall–Kier alpha value is -0.460. The first-order valence-electron chi connectivity index (χ1n) is 14.1. The Morgan fingerprint density at radius 1 is 0.800 bits per heavy atom. The van der Waals surface area contributed by atoms with Crippen LogP contribution in [-0.2, 0) is 0 Å². The van der Waals surface area contributed by atoms with Crippen molar-refractivity contribution >= 4 is 0 Å². The van der Waals surface area contributed by atoms with E-state index in [-0.39, 0.29) is 40.3 Å². The van der Waals surface area contributed by atoms with E-state index in [1.807, 2.05) is 13.8 Å². The second-order valence-electron chi connectivity index (χ2n) is 15.3. The molecule has 4 fully saturated rings. The van der Waals surface area contributed by atoms with E-state index >= 15 is 0 Å². The van der Waals surface area contributed by atoms with Gasteiger partial charge in [0.15, 0.2) is 0 Å². The monoisotopic (exact) mass is 490 g/mol. The normalized spacial score (nSPS) is 56.7. The Balaban J connectivity index is 1.63.